The zero-order valence-electron chi connectivity index (χ0n) is 30.1. The van der Waals surface area contributed by atoms with Gasteiger partial charge in [0.15, 0.2) is 11.6 Å². The van der Waals surface area contributed by atoms with Crippen LogP contribution in [0.1, 0.15) is 41.5 Å². The van der Waals surface area contributed by atoms with E-state index in [4.69, 9.17) is 28.9 Å². The highest BCUT2D eigenvalue weighted by Crippen LogP contribution is 2.31. The van der Waals surface area contributed by atoms with E-state index >= 15 is 0 Å². The lowest BCUT2D eigenvalue weighted by Gasteiger charge is -2.23. The SMILES string of the molecule is NCC[C@H](NC(=O)C(Cc1ccc(F)c(F)c1)NC(=O)Nc1ccc2c(CN3CCCC3)cn(Cc3c(Cl)cccc3Cl)c2c1)C(=O)NCc1ccccc1. The molecule has 1 unspecified atom stereocenters. The summed E-state index contributed by atoms with van der Waals surface area (Å²) < 4.78 is 30.1. The number of carbonyl (C=O) groups is 3. The van der Waals surface area contributed by atoms with Crippen molar-refractivity contribution in [3.8, 4) is 0 Å². The summed E-state index contributed by atoms with van der Waals surface area (Å²) in [6.45, 7) is 3.53. The molecule has 2 atom stereocenters. The van der Waals surface area contributed by atoms with Crippen LogP contribution < -0.4 is 27.0 Å². The Balaban J connectivity index is 1.22. The number of likely N-dealkylation sites (tertiary alicyclic amines) is 1. The zero-order chi connectivity index (χ0) is 38.9. The third-order valence-electron chi connectivity index (χ3n) is 9.65. The summed E-state index contributed by atoms with van der Waals surface area (Å²) >= 11 is 13.1. The minimum absolute atomic E-state index is 0.0953. The predicted octanol–water partition coefficient (Wildman–Crippen LogP) is 6.75. The molecule has 1 aromatic heterocycles. The molecule has 1 fully saturated rings. The summed E-state index contributed by atoms with van der Waals surface area (Å²) in [6.07, 6.45) is 4.32. The molecule has 14 heteroatoms. The van der Waals surface area contributed by atoms with E-state index in [0.717, 1.165) is 72.2 Å². The molecule has 1 saturated heterocycles. The molecule has 6 rings (SSSR count). The molecule has 10 nitrogen and oxygen atoms in total. The maximum Gasteiger partial charge on any atom is 0.319 e. The molecule has 0 spiro atoms. The molecule has 0 bridgehead atoms. The van der Waals surface area contributed by atoms with Gasteiger partial charge >= 0.3 is 6.03 Å². The monoisotopic (exact) mass is 789 g/mol. The number of amides is 4. The number of nitrogens with zero attached hydrogens (tertiary/aromatic N) is 2. The van der Waals surface area contributed by atoms with Crippen LogP contribution in [0, 0.1) is 11.6 Å². The minimum Gasteiger partial charge on any atom is -0.350 e. The van der Waals surface area contributed by atoms with Crippen LogP contribution in [0.4, 0.5) is 19.3 Å². The maximum absolute atomic E-state index is 14.2. The van der Waals surface area contributed by atoms with E-state index in [1.54, 1.807) is 24.3 Å². The number of nitrogens with two attached hydrogens (primary N) is 1. The van der Waals surface area contributed by atoms with Crippen molar-refractivity contribution in [3.63, 3.8) is 0 Å². The highest BCUT2D eigenvalue weighted by atomic mass is 35.5. The number of aromatic nitrogens is 1. The summed E-state index contributed by atoms with van der Waals surface area (Å²) in [6, 6.07) is 20.4. The minimum atomic E-state index is -1.28. The Bertz CT molecular complexity index is 2120. The van der Waals surface area contributed by atoms with Gasteiger partial charge in [0.1, 0.15) is 12.1 Å². The van der Waals surface area contributed by atoms with Crippen molar-refractivity contribution in [3.05, 3.63) is 135 Å². The lowest BCUT2D eigenvalue weighted by Crippen LogP contribution is -2.55. The molecule has 4 aromatic carbocycles. The normalized spacial score (nSPS) is 14.1. The fraction of sp³-hybridized carbons (Fsp3) is 0.293. The van der Waals surface area contributed by atoms with Crippen LogP contribution in [-0.2, 0) is 35.6 Å². The van der Waals surface area contributed by atoms with Gasteiger partial charge in [-0.05, 0) is 92.0 Å². The van der Waals surface area contributed by atoms with Crippen molar-refractivity contribution < 1.29 is 23.2 Å². The largest absolute Gasteiger partial charge is 0.350 e. The molecule has 0 aliphatic carbocycles. The first-order chi connectivity index (χ1) is 26.6. The van der Waals surface area contributed by atoms with Gasteiger partial charge in [-0.25, -0.2) is 13.6 Å². The summed E-state index contributed by atoms with van der Waals surface area (Å²) in [7, 11) is 0. The van der Waals surface area contributed by atoms with E-state index in [2.05, 4.69) is 36.9 Å². The summed E-state index contributed by atoms with van der Waals surface area (Å²) in [4.78, 5) is 42.9. The van der Waals surface area contributed by atoms with Gasteiger partial charge in [-0.15, -0.1) is 0 Å². The first-order valence-corrected chi connectivity index (χ1v) is 18.9. The number of fused-ring (bicyclic) bond motifs is 1. The van der Waals surface area contributed by atoms with Gasteiger partial charge < -0.3 is 31.6 Å². The number of hydrogen-bond acceptors (Lipinski definition) is 5. The molecular formula is C41H43Cl2F2N7O3. The van der Waals surface area contributed by atoms with Crippen molar-refractivity contribution in [2.24, 2.45) is 5.73 Å². The second-order valence-electron chi connectivity index (χ2n) is 13.6. The summed E-state index contributed by atoms with van der Waals surface area (Å²) in [5.74, 6) is -3.31. The van der Waals surface area contributed by atoms with Crippen molar-refractivity contribution in [1.82, 2.24) is 25.4 Å². The average molecular weight is 791 g/mol. The smallest absolute Gasteiger partial charge is 0.319 e. The summed E-state index contributed by atoms with van der Waals surface area (Å²) in [5, 5.41) is 13.1. The van der Waals surface area contributed by atoms with E-state index in [1.165, 1.54) is 6.07 Å². The Morgan fingerprint density at radius 1 is 0.782 bits per heavy atom. The fourth-order valence-corrected chi connectivity index (χ4v) is 7.31. The van der Waals surface area contributed by atoms with Crippen molar-refractivity contribution in [1.29, 1.82) is 0 Å². The fourth-order valence-electron chi connectivity index (χ4n) is 6.79. The molecular weight excluding hydrogens is 747 g/mol. The van der Waals surface area contributed by atoms with Crippen LogP contribution in [0.3, 0.4) is 0 Å². The number of halogens is 4. The highest BCUT2D eigenvalue weighted by molar-refractivity contribution is 6.36. The molecule has 1 aliphatic heterocycles. The van der Waals surface area contributed by atoms with Gasteiger partial charge in [-0.2, -0.15) is 0 Å². The van der Waals surface area contributed by atoms with Crippen molar-refractivity contribution >= 4 is 57.6 Å². The number of urea groups is 1. The number of carbonyl (C=O) groups excluding carboxylic acids is 3. The molecule has 5 aromatic rings. The van der Waals surface area contributed by atoms with E-state index in [-0.39, 0.29) is 31.5 Å². The number of benzene rings is 4. The number of nitrogens with one attached hydrogen (secondary N) is 4. The van der Waals surface area contributed by atoms with Gasteiger partial charge in [0.2, 0.25) is 11.8 Å². The second-order valence-corrected chi connectivity index (χ2v) is 14.5. The lowest BCUT2D eigenvalue weighted by atomic mass is 10.0. The Hall–Kier alpha value is -5.01. The van der Waals surface area contributed by atoms with Gasteiger partial charge in [0.05, 0.1) is 12.1 Å². The quantitative estimate of drug-likeness (QED) is 0.0801. The van der Waals surface area contributed by atoms with Gasteiger partial charge in [0, 0.05) is 52.4 Å². The van der Waals surface area contributed by atoms with E-state index in [0.29, 0.717) is 22.3 Å². The Morgan fingerprint density at radius 2 is 1.53 bits per heavy atom. The third kappa shape index (κ3) is 10.4. The molecule has 1 aliphatic rings. The number of anilines is 1. The highest BCUT2D eigenvalue weighted by Gasteiger charge is 2.27. The molecule has 55 heavy (non-hydrogen) atoms. The topological polar surface area (TPSA) is 134 Å². The average Bonchev–Trinajstić information content (AvgIpc) is 3.81. The molecule has 0 radical (unpaired) electrons. The van der Waals surface area contributed by atoms with Crippen molar-refractivity contribution in [2.45, 2.75) is 57.4 Å². The van der Waals surface area contributed by atoms with E-state index in [9.17, 15) is 23.2 Å². The standard InChI is InChI=1S/C41H43Cl2F2N7O3/c42-32-9-6-10-33(43)31(32)25-52-24-28(23-51-17-4-5-18-51)30-13-12-29(21-38(30)52)48-41(55)50-37(20-27-11-14-34(44)35(45)19-27)40(54)49-36(15-16-46)39(53)47-22-26-7-2-1-3-8-26/h1-3,6-14,19,21,24,36-37H,4-5,15-18,20,22-23,25,46H2,(H,47,53)(H,49,54)(H2,48,50,55)/t36-,37?/m0/s1. The third-order valence-corrected chi connectivity index (χ3v) is 10.4. The Morgan fingerprint density at radius 3 is 2.24 bits per heavy atom. The molecule has 6 N–H and O–H groups in total. The zero-order valence-corrected chi connectivity index (χ0v) is 31.6. The number of hydrogen-bond donors (Lipinski definition) is 5. The van der Waals surface area contributed by atoms with Crippen LogP contribution in [0.5, 0.6) is 0 Å². The van der Waals surface area contributed by atoms with E-state index < -0.39 is 41.6 Å². The van der Waals surface area contributed by atoms with Crippen LogP contribution in [0.15, 0.2) is 91.1 Å². The predicted molar refractivity (Wildman–Crippen MR) is 212 cm³/mol. The van der Waals surface area contributed by atoms with Gasteiger partial charge in [-0.1, -0.05) is 71.7 Å². The first kappa shape index (κ1) is 39.7. The van der Waals surface area contributed by atoms with E-state index in [1.807, 2.05) is 42.5 Å². The second kappa shape index (κ2) is 18.5. The van der Waals surface area contributed by atoms with Gasteiger partial charge in [-0.3, -0.25) is 14.5 Å². The van der Waals surface area contributed by atoms with Crippen molar-refractivity contribution in [2.75, 3.05) is 25.0 Å². The lowest BCUT2D eigenvalue weighted by molar-refractivity contribution is -0.130. The summed E-state index contributed by atoms with van der Waals surface area (Å²) in [5.41, 5.74) is 10.1. The Kier molecular flexibility index (Phi) is 13.4. The first-order valence-electron chi connectivity index (χ1n) is 18.2. The van der Waals surface area contributed by atoms with Gasteiger partial charge in [0.25, 0.3) is 0 Å². The van der Waals surface area contributed by atoms with Crippen LogP contribution in [-0.4, -0.2) is 59.0 Å². The van der Waals surface area contributed by atoms with Crippen LogP contribution in [0.25, 0.3) is 10.9 Å². The molecule has 4 amide bonds. The molecule has 0 saturated carbocycles. The Labute approximate surface area is 328 Å². The number of rotatable bonds is 15. The maximum atomic E-state index is 14.2. The van der Waals surface area contributed by atoms with Crippen LogP contribution >= 0.6 is 23.2 Å². The molecule has 2 heterocycles. The molecule has 288 valence electrons. The van der Waals surface area contributed by atoms with Crippen LogP contribution in [0.2, 0.25) is 10.0 Å².